The lowest BCUT2D eigenvalue weighted by atomic mass is 10.1. The third-order valence-electron chi connectivity index (χ3n) is 3.35. The van der Waals surface area contributed by atoms with E-state index < -0.39 is 23.4 Å². The van der Waals surface area contributed by atoms with Crippen LogP contribution in [0.2, 0.25) is 0 Å². The monoisotopic (exact) mass is 321 g/mol. The minimum atomic E-state index is -4.82. The lowest BCUT2D eigenvalue weighted by molar-refractivity contribution is -0.274. The highest BCUT2D eigenvalue weighted by molar-refractivity contribution is 6.31. The van der Waals surface area contributed by atoms with E-state index in [9.17, 15) is 18.0 Å². The van der Waals surface area contributed by atoms with E-state index in [1.54, 1.807) is 0 Å². The molecule has 116 valence electrons. The minimum Gasteiger partial charge on any atom is -0.405 e. The Morgan fingerprint density at radius 3 is 2.52 bits per heavy atom. The normalized spacial score (nSPS) is 17.5. The second kappa shape index (κ2) is 6.56. The molecule has 0 saturated heterocycles. The fourth-order valence-electron chi connectivity index (χ4n) is 2.39. The molecule has 0 heterocycles. The van der Waals surface area contributed by atoms with Gasteiger partial charge in [0.2, 0.25) is 5.91 Å². The Bertz CT molecular complexity index is 501. The number of nitrogens with one attached hydrogen (secondary N) is 1. The van der Waals surface area contributed by atoms with Crippen molar-refractivity contribution in [3.8, 4) is 5.75 Å². The molecular weight excluding hydrogens is 307 g/mol. The Morgan fingerprint density at radius 1 is 1.29 bits per heavy atom. The van der Waals surface area contributed by atoms with Crippen molar-refractivity contribution >= 4 is 17.5 Å². The summed E-state index contributed by atoms with van der Waals surface area (Å²) in [6, 6.07) is 5.45. The molecule has 0 radical (unpaired) electrons. The van der Waals surface area contributed by atoms with Crippen LogP contribution >= 0.6 is 11.6 Å². The van der Waals surface area contributed by atoms with Crippen molar-refractivity contribution in [3.63, 3.8) is 0 Å². The van der Waals surface area contributed by atoms with Gasteiger partial charge in [-0.1, -0.05) is 31.0 Å². The largest absolute Gasteiger partial charge is 0.573 e. The fraction of sp³-hybridized carbons (Fsp3) is 0.500. The van der Waals surface area contributed by atoms with Crippen molar-refractivity contribution < 1.29 is 22.7 Å². The summed E-state index contributed by atoms with van der Waals surface area (Å²) >= 11 is 6.01. The van der Waals surface area contributed by atoms with Crippen LogP contribution in [0, 0.1) is 0 Å². The van der Waals surface area contributed by atoms with Gasteiger partial charge in [0.05, 0.1) is 0 Å². The van der Waals surface area contributed by atoms with E-state index in [0.29, 0.717) is 0 Å². The number of benzene rings is 1. The molecule has 7 heteroatoms. The Labute approximate surface area is 125 Å². The number of carbonyl (C=O) groups is 1. The smallest absolute Gasteiger partial charge is 0.405 e. The highest BCUT2D eigenvalue weighted by Crippen LogP contribution is 2.33. The van der Waals surface area contributed by atoms with Crippen molar-refractivity contribution in [2.24, 2.45) is 0 Å². The van der Waals surface area contributed by atoms with Crippen LogP contribution in [0.25, 0.3) is 0 Å². The molecule has 1 unspecified atom stereocenters. The average Bonchev–Trinajstić information content (AvgIpc) is 2.89. The van der Waals surface area contributed by atoms with Gasteiger partial charge in [0, 0.05) is 11.6 Å². The lowest BCUT2D eigenvalue weighted by Gasteiger charge is -2.18. The maximum Gasteiger partial charge on any atom is 0.573 e. The van der Waals surface area contributed by atoms with Gasteiger partial charge in [-0.15, -0.1) is 24.8 Å². The molecule has 1 saturated carbocycles. The van der Waals surface area contributed by atoms with Gasteiger partial charge in [0.25, 0.3) is 0 Å². The van der Waals surface area contributed by atoms with Crippen LogP contribution in [-0.2, 0) is 4.79 Å². The number of alkyl halides is 4. The van der Waals surface area contributed by atoms with Gasteiger partial charge < -0.3 is 10.1 Å². The molecule has 0 spiro atoms. The first-order chi connectivity index (χ1) is 9.87. The standard InChI is InChI=1S/C14H15ClF3NO2/c15-12(13(20)19-9-5-1-2-6-9)10-7-3-4-8-11(10)21-14(16,17)18/h3-4,7-9,12H,1-2,5-6H2,(H,19,20). The van der Waals surface area contributed by atoms with E-state index in [0.717, 1.165) is 31.7 Å². The molecule has 2 rings (SSSR count). The summed E-state index contributed by atoms with van der Waals surface area (Å²) in [5, 5.41) is 1.54. The van der Waals surface area contributed by atoms with Crippen LogP contribution in [0.5, 0.6) is 5.75 Å². The van der Waals surface area contributed by atoms with Crippen molar-refractivity contribution in [2.75, 3.05) is 0 Å². The van der Waals surface area contributed by atoms with Crippen LogP contribution in [0.15, 0.2) is 24.3 Å². The summed E-state index contributed by atoms with van der Waals surface area (Å²) in [6.07, 6.45) is -1.02. The summed E-state index contributed by atoms with van der Waals surface area (Å²) in [4.78, 5) is 12.0. The summed E-state index contributed by atoms with van der Waals surface area (Å²) in [6.45, 7) is 0. The molecular formula is C14H15ClF3NO2. The Hall–Kier alpha value is -1.43. The van der Waals surface area contributed by atoms with Gasteiger partial charge in [0.1, 0.15) is 11.1 Å². The summed E-state index contributed by atoms with van der Waals surface area (Å²) < 4.78 is 41.0. The van der Waals surface area contributed by atoms with Crippen LogP contribution in [0.3, 0.4) is 0 Å². The Morgan fingerprint density at radius 2 is 1.90 bits per heavy atom. The van der Waals surface area contributed by atoms with E-state index in [2.05, 4.69) is 10.1 Å². The predicted molar refractivity (Wildman–Crippen MR) is 72.1 cm³/mol. The van der Waals surface area contributed by atoms with Gasteiger partial charge in [-0.2, -0.15) is 0 Å². The molecule has 1 N–H and O–H groups in total. The number of amides is 1. The van der Waals surface area contributed by atoms with Gasteiger partial charge in [-0.05, 0) is 18.9 Å². The zero-order valence-corrected chi connectivity index (χ0v) is 11.9. The van der Waals surface area contributed by atoms with Gasteiger partial charge >= 0.3 is 6.36 Å². The Balaban J connectivity index is 2.10. The number of para-hydroxylation sites is 1. The molecule has 0 aliphatic heterocycles. The Kier molecular flexibility index (Phi) is 4.98. The molecule has 1 atom stereocenters. The third-order valence-corrected chi connectivity index (χ3v) is 3.78. The number of hydrogen-bond donors (Lipinski definition) is 1. The number of halogens is 4. The molecule has 3 nitrogen and oxygen atoms in total. The van der Waals surface area contributed by atoms with Gasteiger partial charge in [-0.3, -0.25) is 4.79 Å². The second-order valence-corrected chi connectivity index (χ2v) is 5.37. The van der Waals surface area contributed by atoms with Crippen LogP contribution in [0.1, 0.15) is 36.6 Å². The summed E-state index contributed by atoms with van der Waals surface area (Å²) in [5.41, 5.74) is 0.00647. The highest BCUT2D eigenvalue weighted by Gasteiger charge is 2.34. The number of hydrogen-bond acceptors (Lipinski definition) is 2. The molecule has 1 aromatic carbocycles. The first-order valence-corrected chi connectivity index (χ1v) is 7.09. The van der Waals surface area contributed by atoms with Crippen molar-refractivity contribution in [1.82, 2.24) is 5.32 Å². The highest BCUT2D eigenvalue weighted by atomic mass is 35.5. The number of carbonyl (C=O) groups excluding carboxylic acids is 1. The van der Waals surface area contributed by atoms with Crippen LogP contribution < -0.4 is 10.1 Å². The van der Waals surface area contributed by atoms with Crippen molar-refractivity contribution in [2.45, 2.75) is 43.5 Å². The molecule has 1 aliphatic rings. The maximum absolute atomic E-state index is 12.3. The predicted octanol–water partition coefficient (Wildman–Crippen LogP) is 3.92. The topological polar surface area (TPSA) is 38.3 Å². The molecule has 0 bridgehead atoms. The zero-order chi connectivity index (χ0) is 15.5. The maximum atomic E-state index is 12.3. The second-order valence-electron chi connectivity index (χ2n) is 4.94. The minimum absolute atomic E-state index is 0.00647. The molecule has 1 aliphatic carbocycles. The van der Waals surface area contributed by atoms with E-state index in [-0.39, 0.29) is 11.6 Å². The number of rotatable bonds is 4. The number of ether oxygens (including phenoxy) is 1. The molecule has 1 amide bonds. The third kappa shape index (κ3) is 4.52. The zero-order valence-electron chi connectivity index (χ0n) is 11.1. The first kappa shape index (κ1) is 15.9. The molecule has 1 fully saturated rings. The fourth-order valence-corrected chi connectivity index (χ4v) is 2.64. The van der Waals surface area contributed by atoms with E-state index in [4.69, 9.17) is 11.6 Å². The SMILES string of the molecule is O=C(NC1CCCC1)C(Cl)c1ccccc1OC(F)(F)F. The van der Waals surface area contributed by atoms with E-state index in [1.807, 2.05) is 0 Å². The first-order valence-electron chi connectivity index (χ1n) is 6.66. The van der Waals surface area contributed by atoms with E-state index >= 15 is 0 Å². The molecule has 1 aromatic rings. The molecule has 0 aromatic heterocycles. The van der Waals surface area contributed by atoms with Gasteiger partial charge in [0.15, 0.2) is 0 Å². The van der Waals surface area contributed by atoms with Crippen LogP contribution in [0.4, 0.5) is 13.2 Å². The quantitative estimate of drug-likeness (QED) is 0.853. The van der Waals surface area contributed by atoms with Gasteiger partial charge in [-0.25, -0.2) is 0 Å². The lowest BCUT2D eigenvalue weighted by Crippen LogP contribution is -2.35. The summed E-state index contributed by atoms with van der Waals surface area (Å²) in [7, 11) is 0. The summed E-state index contributed by atoms with van der Waals surface area (Å²) in [5.74, 6) is -0.951. The van der Waals surface area contributed by atoms with Crippen molar-refractivity contribution in [1.29, 1.82) is 0 Å². The van der Waals surface area contributed by atoms with Crippen molar-refractivity contribution in [3.05, 3.63) is 29.8 Å². The average molecular weight is 322 g/mol. The van der Waals surface area contributed by atoms with E-state index in [1.165, 1.54) is 18.2 Å². The molecule has 21 heavy (non-hydrogen) atoms. The van der Waals surface area contributed by atoms with Crippen LogP contribution in [-0.4, -0.2) is 18.3 Å².